The van der Waals surface area contributed by atoms with Gasteiger partial charge in [-0.25, -0.2) is 4.98 Å². The first-order valence-electron chi connectivity index (χ1n) is 7.36. The van der Waals surface area contributed by atoms with Crippen LogP contribution in [-0.2, 0) is 17.8 Å². The number of aryl methyl sites for hydroxylation is 3. The fraction of sp³-hybridized carbons (Fsp3) is 0.600. The molecule has 0 radical (unpaired) electrons. The summed E-state index contributed by atoms with van der Waals surface area (Å²) < 4.78 is 13.4. The predicted molar refractivity (Wildman–Crippen MR) is 78.0 cm³/mol. The summed E-state index contributed by atoms with van der Waals surface area (Å²) in [4.78, 5) is 6.78. The molecule has 6 nitrogen and oxygen atoms in total. The van der Waals surface area contributed by atoms with Gasteiger partial charge in [0.25, 0.3) is 0 Å². The highest BCUT2D eigenvalue weighted by atomic mass is 16.5. The van der Waals surface area contributed by atoms with Gasteiger partial charge in [0, 0.05) is 19.3 Å². The van der Waals surface area contributed by atoms with Crippen LogP contribution in [0.4, 0.5) is 0 Å². The van der Waals surface area contributed by atoms with Crippen molar-refractivity contribution in [1.29, 1.82) is 0 Å². The second kappa shape index (κ2) is 5.99. The summed E-state index contributed by atoms with van der Waals surface area (Å²) in [6, 6.07) is 0. The minimum absolute atomic E-state index is 0.162. The Balaban J connectivity index is 1.57. The number of rotatable bonds is 4. The van der Waals surface area contributed by atoms with E-state index in [9.17, 15) is 0 Å². The molecule has 0 N–H and O–H groups in total. The lowest BCUT2D eigenvalue weighted by molar-refractivity contribution is -0.0423. The lowest BCUT2D eigenvalue weighted by atomic mass is 10.2. The monoisotopic (exact) mass is 290 g/mol. The molecule has 0 spiro atoms. The number of ether oxygens (including phenoxy) is 1. The molecule has 3 heterocycles. The fourth-order valence-electron chi connectivity index (χ4n) is 2.61. The first kappa shape index (κ1) is 14.3. The molecule has 2 aromatic heterocycles. The minimum Gasteiger partial charge on any atom is -0.444 e. The summed E-state index contributed by atoms with van der Waals surface area (Å²) in [5, 5.41) is 4.32. The second-order valence-corrected chi connectivity index (χ2v) is 5.72. The Labute approximate surface area is 124 Å². The number of morpholine rings is 1. The molecule has 21 heavy (non-hydrogen) atoms. The van der Waals surface area contributed by atoms with Crippen LogP contribution in [0.2, 0.25) is 0 Å². The maximum Gasteiger partial charge on any atom is 0.208 e. The molecular formula is C15H22N4O2. The normalized spacial score (nSPS) is 20.0. The van der Waals surface area contributed by atoms with Crippen molar-refractivity contribution in [2.45, 2.75) is 40.0 Å². The van der Waals surface area contributed by atoms with E-state index in [1.165, 1.54) is 5.56 Å². The third-order valence-corrected chi connectivity index (χ3v) is 3.81. The first-order chi connectivity index (χ1) is 10.1. The molecule has 0 aliphatic carbocycles. The zero-order chi connectivity index (χ0) is 14.8. The highest BCUT2D eigenvalue weighted by Gasteiger charge is 2.22. The zero-order valence-electron chi connectivity index (χ0n) is 12.9. The summed E-state index contributed by atoms with van der Waals surface area (Å²) >= 11 is 0. The summed E-state index contributed by atoms with van der Waals surface area (Å²) in [6.45, 7) is 10.0. The van der Waals surface area contributed by atoms with Crippen LogP contribution in [0, 0.1) is 20.8 Å². The summed E-state index contributed by atoms with van der Waals surface area (Å²) in [5.41, 5.74) is 2.15. The number of aromatic nitrogens is 3. The Morgan fingerprint density at radius 2 is 2.19 bits per heavy atom. The predicted octanol–water partition coefficient (Wildman–Crippen LogP) is 1.70. The van der Waals surface area contributed by atoms with Crippen LogP contribution in [0.1, 0.15) is 22.9 Å². The summed E-state index contributed by atoms with van der Waals surface area (Å²) in [6.07, 6.45) is 4.08. The third-order valence-electron chi connectivity index (χ3n) is 3.81. The van der Waals surface area contributed by atoms with Crippen LogP contribution in [0.15, 0.2) is 16.8 Å². The van der Waals surface area contributed by atoms with Crippen molar-refractivity contribution in [2.24, 2.45) is 0 Å². The van der Waals surface area contributed by atoms with E-state index < -0.39 is 0 Å². The largest absolute Gasteiger partial charge is 0.444 e. The molecule has 1 saturated heterocycles. The molecule has 1 fully saturated rings. The van der Waals surface area contributed by atoms with Crippen LogP contribution in [-0.4, -0.2) is 45.5 Å². The quantitative estimate of drug-likeness (QED) is 0.858. The van der Waals surface area contributed by atoms with Crippen molar-refractivity contribution in [3.63, 3.8) is 0 Å². The van der Waals surface area contributed by atoms with Crippen LogP contribution in [0.5, 0.6) is 0 Å². The number of hydrogen-bond donors (Lipinski definition) is 0. The van der Waals surface area contributed by atoms with Crippen LogP contribution < -0.4 is 0 Å². The van der Waals surface area contributed by atoms with Gasteiger partial charge in [0.05, 0.1) is 37.7 Å². The molecule has 0 bridgehead atoms. The van der Waals surface area contributed by atoms with Crippen LogP contribution in [0.25, 0.3) is 0 Å². The topological polar surface area (TPSA) is 56.3 Å². The van der Waals surface area contributed by atoms with E-state index in [0.717, 1.165) is 50.1 Å². The molecule has 1 aliphatic heterocycles. The lowest BCUT2D eigenvalue weighted by Crippen LogP contribution is -2.43. The van der Waals surface area contributed by atoms with Crippen molar-refractivity contribution in [3.8, 4) is 0 Å². The molecule has 1 aliphatic rings. The average Bonchev–Trinajstić information content (AvgIpc) is 2.97. The van der Waals surface area contributed by atoms with E-state index in [0.29, 0.717) is 0 Å². The SMILES string of the molecule is Cc1cnn(CC2CN(Cc3nc(C)c(C)o3)CCO2)c1. The van der Waals surface area contributed by atoms with E-state index in [1.54, 1.807) is 0 Å². The highest BCUT2D eigenvalue weighted by Crippen LogP contribution is 2.14. The van der Waals surface area contributed by atoms with Crippen molar-refractivity contribution < 1.29 is 9.15 Å². The van der Waals surface area contributed by atoms with Gasteiger partial charge >= 0.3 is 0 Å². The highest BCUT2D eigenvalue weighted by molar-refractivity contribution is 5.05. The van der Waals surface area contributed by atoms with Gasteiger partial charge in [0.15, 0.2) is 0 Å². The van der Waals surface area contributed by atoms with Crippen LogP contribution in [0.3, 0.4) is 0 Å². The fourth-order valence-corrected chi connectivity index (χ4v) is 2.61. The van der Waals surface area contributed by atoms with E-state index >= 15 is 0 Å². The molecule has 0 saturated carbocycles. The van der Waals surface area contributed by atoms with Crippen molar-refractivity contribution in [2.75, 3.05) is 19.7 Å². The summed E-state index contributed by atoms with van der Waals surface area (Å²) in [5.74, 6) is 1.70. The Morgan fingerprint density at radius 1 is 1.33 bits per heavy atom. The van der Waals surface area contributed by atoms with E-state index in [-0.39, 0.29) is 6.10 Å². The minimum atomic E-state index is 0.162. The molecule has 3 rings (SSSR count). The lowest BCUT2D eigenvalue weighted by Gasteiger charge is -2.32. The Hall–Kier alpha value is -1.66. The third kappa shape index (κ3) is 3.51. The van der Waals surface area contributed by atoms with Crippen LogP contribution >= 0.6 is 0 Å². The van der Waals surface area contributed by atoms with E-state index in [4.69, 9.17) is 9.15 Å². The Morgan fingerprint density at radius 3 is 2.86 bits per heavy atom. The number of oxazole rings is 1. The first-order valence-corrected chi connectivity index (χ1v) is 7.36. The van der Waals surface area contributed by atoms with Gasteiger partial charge in [-0.1, -0.05) is 0 Å². The Kier molecular flexibility index (Phi) is 4.07. The van der Waals surface area contributed by atoms with Crippen molar-refractivity contribution in [1.82, 2.24) is 19.7 Å². The molecule has 0 aromatic carbocycles. The smallest absolute Gasteiger partial charge is 0.208 e. The van der Waals surface area contributed by atoms with Crippen molar-refractivity contribution >= 4 is 0 Å². The molecule has 1 atom stereocenters. The zero-order valence-corrected chi connectivity index (χ0v) is 12.9. The maximum atomic E-state index is 5.83. The molecule has 2 aromatic rings. The summed E-state index contributed by atoms with van der Waals surface area (Å²) in [7, 11) is 0. The maximum absolute atomic E-state index is 5.83. The van der Waals surface area contributed by atoms with Gasteiger partial charge in [0.2, 0.25) is 5.89 Å². The standard InChI is InChI=1S/C15H22N4O2/c1-11-6-16-19(7-11)9-14-8-18(4-5-20-14)10-15-17-12(2)13(3)21-15/h6-7,14H,4-5,8-10H2,1-3H3. The van der Waals surface area contributed by atoms with Gasteiger partial charge in [-0.2, -0.15) is 5.10 Å². The number of hydrogen-bond acceptors (Lipinski definition) is 5. The van der Waals surface area contributed by atoms with Gasteiger partial charge in [-0.15, -0.1) is 0 Å². The Bertz CT molecular complexity index is 585. The van der Waals surface area contributed by atoms with E-state index in [2.05, 4.69) is 15.0 Å². The molecular weight excluding hydrogens is 268 g/mol. The molecule has 114 valence electrons. The van der Waals surface area contributed by atoms with E-state index in [1.807, 2.05) is 37.8 Å². The number of nitrogens with zero attached hydrogens (tertiary/aromatic N) is 4. The van der Waals surface area contributed by atoms with Gasteiger partial charge in [-0.3, -0.25) is 9.58 Å². The molecule has 1 unspecified atom stereocenters. The van der Waals surface area contributed by atoms with Gasteiger partial charge < -0.3 is 9.15 Å². The average molecular weight is 290 g/mol. The molecule has 0 amide bonds. The van der Waals surface area contributed by atoms with Gasteiger partial charge in [0.1, 0.15) is 5.76 Å². The second-order valence-electron chi connectivity index (χ2n) is 5.72. The van der Waals surface area contributed by atoms with Gasteiger partial charge in [-0.05, 0) is 26.3 Å². The van der Waals surface area contributed by atoms with Crippen molar-refractivity contribution in [3.05, 3.63) is 35.3 Å². The molecule has 6 heteroatoms.